The second-order valence-electron chi connectivity index (χ2n) is 6.69. The lowest BCUT2D eigenvalue weighted by Gasteiger charge is -2.40. The molecular weight excluding hydrogens is 348 g/mol. The van der Waals surface area contributed by atoms with Crippen LogP contribution in [0.15, 0.2) is 48.5 Å². The number of nitrogens with one attached hydrogen (secondary N) is 2. The molecule has 26 heavy (non-hydrogen) atoms. The van der Waals surface area contributed by atoms with Crippen LogP contribution in [-0.4, -0.2) is 18.4 Å². The average molecular weight is 371 g/mol. The fourth-order valence-electron chi connectivity index (χ4n) is 3.40. The summed E-state index contributed by atoms with van der Waals surface area (Å²) in [6, 6.07) is 14.9. The highest BCUT2D eigenvalue weighted by Crippen LogP contribution is 2.44. The van der Waals surface area contributed by atoms with Crippen molar-refractivity contribution in [2.45, 2.75) is 38.1 Å². The normalized spacial score (nSPS) is 15.0. The van der Waals surface area contributed by atoms with Crippen molar-refractivity contribution in [3.8, 4) is 0 Å². The predicted molar refractivity (Wildman–Crippen MR) is 103 cm³/mol. The Morgan fingerprint density at radius 2 is 1.85 bits per heavy atom. The highest BCUT2D eigenvalue weighted by molar-refractivity contribution is 6.30. The highest BCUT2D eigenvalue weighted by atomic mass is 35.5. The summed E-state index contributed by atoms with van der Waals surface area (Å²) in [5, 5.41) is 6.48. The van der Waals surface area contributed by atoms with Crippen LogP contribution >= 0.6 is 11.6 Å². The lowest BCUT2D eigenvalue weighted by molar-refractivity contribution is -0.130. The van der Waals surface area contributed by atoms with Gasteiger partial charge in [-0.25, -0.2) is 0 Å². The van der Waals surface area contributed by atoms with E-state index in [0.717, 1.165) is 30.4 Å². The van der Waals surface area contributed by atoms with Crippen molar-refractivity contribution < 1.29 is 9.59 Å². The molecule has 5 heteroatoms. The maximum atomic E-state index is 12.9. The van der Waals surface area contributed by atoms with Gasteiger partial charge in [-0.2, -0.15) is 0 Å². The Morgan fingerprint density at radius 1 is 1.08 bits per heavy atom. The molecule has 4 nitrogen and oxygen atoms in total. The quantitative estimate of drug-likeness (QED) is 0.811. The first-order valence-corrected chi connectivity index (χ1v) is 9.34. The van der Waals surface area contributed by atoms with E-state index >= 15 is 0 Å². The van der Waals surface area contributed by atoms with Gasteiger partial charge in [-0.1, -0.05) is 42.3 Å². The number of benzene rings is 2. The van der Waals surface area contributed by atoms with Crippen LogP contribution in [0.5, 0.6) is 0 Å². The Kier molecular flexibility index (Phi) is 5.62. The Morgan fingerprint density at radius 3 is 2.50 bits per heavy atom. The number of carbonyl (C=O) groups excluding carboxylic acids is 2. The maximum absolute atomic E-state index is 12.9. The van der Waals surface area contributed by atoms with E-state index < -0.39 is 5.41 Å². The zero-order valence-corrected chi connectivity index (χ0v) is 15.6. The number of hydrogen-bond donors (Lipinski definition) is 2. The molecule has 136 valence electrons. The highest BCUT2D eigenvalue weighted by Gasteiger charge is 2.45. The van der Waals surface area contributed by atoms with Gasteiger partial charge in [0.15, 0.2) is 0 Å². The molecular formula is C21H23ClN2O2. The third kappa shape index (κ3) is 3.75. The molecule has 1 fully saturated rings. The number of carbonyl (C=O) groups is 2. The number of amides is 2. The Bertz CT molecular complexity index is 815. The zero-order chi connectivity index (χ0) is 18.6. The number of rotatable bonds is 6. The fourth-order valence-corrected chi connectivity index (χ4v) is 3.59. The van der Waals surface area contributed by atoms with Gasteiger partial charge in [0.25, 0.3) is 5.91 Å². The van der Waals surface area contributed by atoms with Gasteiger partial charge in [0.1, 0.15) is 0 Å². The maximum Gasteiger partial charge on any atom is 0.251 e. The SMILES string of the molecule is CCNC(=O)c1cccc(CNC(=O)C2(c3cccc(Cl)c3)CCC2)c1. The van der Waals surface area contributed by atoms with Crippen molar-refractivity contribution in [2.75, 3.05) is 6.54 Å². The molecule has 0 atom stereocenters. The van der Waals surface area contributed by atoms with Crippen LogP contribution in [0, 0.1) is 0 Å². The molecule has 2 N–H and O–H groups in total. The molecule has 0 radical (unpaired) electrons. The van der Waals surface area contributed by atoms with Gasteiger partial charge in [-0.05, 0) is 55.2 Å². The molecule has 0 unspecified atom stereocenters. The van der Waals surface area contributed by atoms with Gasteiger partial charge in [0.05, 0.1) is 5.41 Å². The van der Waals surface area contributed by atoms with Crippen LogP contribution in [0.3, 0.4) is 0 Å². The van der Waals surface area contributed by atoms with Crippen LogP contribution in [0.2, 0.25) is 5.02 Å². The first-order valence-electron chi connectivity index (χ1n) is 8.96. The fraction of sp³-hybridized carbons (Fsp3) is 0.333. The van der Waals surface area contributed by atoms with Crippen LogP contribution in [0.4, 0.5) is 0 Å². The lowest BCUT2D eigenvalue weighted by Crippen LogP contribution is -2.49. The topological polar surface area (TPSA) is 58.2 Å². The minimum atomic E-state index is -0.484. The summed E-state index contributed by atoms with van der Waals surface area (Å²) in [6.45, 7) is 2.87. The van der Waals surface area contributed by atoms with Crippen molar-refractivity contribution in [3.63, 3.8) is 0 Å². The van der Waals surface area contributed by atoms with E-state index in [0.29, 0.717) is 23.7 Å². The second kappa shape index (κ2) is 7.92. The predicted octanol–water partition coefficient (Wildman–Crippen LogP) is 3.83. The molecule has 0 saturated heterocycles. The summed E-state index contributed by atoms with van der Waals surface area (Å²) >= 11 is 6.11. The van der Waals surface area contributed by atoms with Crippen LogP contribution < -0.4 is 10.6 Å². The van der Waals surface area contributed by atoms with Crippen molar-refractivity contribution in [1.29, 1.82) is 0 Å². The summed E-state index contributed by atoms with van der Waals surface area (Å²) in [4.78, 5) is 24.9. The van der Waals surface area contributed by atoms with E-state index in [1.807, 2.05) is 49.4 Å². The molecule has 0 bridgehead atoms. The van der Waals surface area contributed by atoms with Gasteiger partial charge < -0.3 is 10.6 Å². The summed E-state index contributed by atoms with van der Waals surface area (Å²) in [5.41, 5.74) is 2.00. The third-order valence-corrected chi connectivity index (χ3v) is 5.23. The molecule has 0 heterocycles. The van der Waals surface area contributed by atoms with E-state index in [2.05, 4.69) is 10.6 Å². The molecule has 2 aromatic rings. The first-order chi connectivity index (χ1) is 12.5. The Balaban J connectivity index is 1.70. The van der Waals surface area contributed by atoms with E-state index in [-0.39, 0.29) is 11.8 Å². The molecule has 0 aromatic heterocycles. The third-order valence-electron chi connectivity index (χ3n) is 5.00. The monoisotopic (exact) mass is 370 g/mol. The summed E-state index contributed by atoms with van der Waals surface area (Å²) in [5.74, 6) is -0.0792. The molecule has 2 aromatic carbocycles. The van der Waals surface area contributed by atoms with Gasteiger partial charge in [0, 0.05) is 23.7 Å². The van der Waals surface area contributed by atoms with Gasteiger partial charge >= 0.3 is 0 Å². The van der Waals surface area contributed by atoms with E-state index in [1.165, 1.54) is 0 Å². The molecule has 3 rings (SSSR count). The van der Waals surface area contributed by atoms with E-state index in [1.54, 1.807) is 6.07 Å². The first kappa shape index (κ1) is 18.5. The molecule has 1 saturated carbocycles. The molecule has 1 aliphatic carbocycles. The van der Waals surface area contributed by atoms with Gasteiger partial charge in [-0.15, -0.1) is 0 Å². The Labute approximate surface area is 158 Å². The zero-order valence-electron chi connectivity index (χ0n) is 14.8. The van der Waals surface area contributed by atoms with Crippen LogP contribution in [0.1, 0.15) is 47.7 Å². The Hall–Kier alpha value is -2.33. The van der Waals surface area contributed by atoms with E-state index in [4.69, 9.17) is 11.6 Å². The average Bonchev–Trinajstić information content (AvgIpc) is 2.59. The minimum Gasteiger partial charge on any atom is -0.352 e. The van der Waals surface area contributed by atoms with Gasteiger partial charge in [0.2, 0.25) is 5.91 Å². The van der Waals surface area contributed by atoms with Crippen molar-refractivity contribution in [3.05, 3.63) is 70.2 Å². The van der Waals surface area contributed by atoms with Crippen LogP contribution in [-0.2, 0) is 16.8 Å². The van der Waals surface area contributed by atoms with Gasteiger partial charge in [-0.3, -0.25) is 9.59 Å². The summed E-state index contributed by atoms with van der Waals surface area (Å²) in [7, 11) is 0. The second-order valence-corrected chi connectivity index (χ2v) is 7.12. The summed E-state index contributed by atoms with van der Waals surface area (Å²) in [6.07, 6.45) is 2.70. The summed E-state index contributed by atoms with van der Waals surface area (Å²) < 4.78 is 0. The molecule has 2 amide bonds. The van der Waals surface area contributed by atoms with Crippen molar-refractivity contribution >= 4 is 23.4 Å². The number of hydrogen-bond acceptors (Lipinski definition) is 2. The number of halogens is 1. The van der Waals surface area contributed by atoms with E-state index in [9.17, 15) is 9.59 Å². The molecule has 1 aliphatic rings. The smallest absolute Gasteiger partial charge is 0.251 e. The van der Waals surface area contributed by atoms with Crippen molar-refractivity contribution in [1.82, 2.24) is 10.6 Å². The van der Waals surface area contributed by atoms with Crippen LogP contribution in [0.25, 0.3) is 0 Å². The molecule has 0 spiro atoms. The standard InChI is InChI=1S/C21H23ClN2O2/c1-2-23-19(25)16-7-3-6-15(12-16)14-24-20(26)21(10-5-11-21)17-8-4-9-18(22)13-17/h3-4,6-9,12-13H,2,5,10-11,14H2,1H3,(H,23,25)(H,24,26). The van der Waals surface area contributed by atoms with Crippen molar-refractivity contribution in [2.24, 2.45) is 0 Å². The molecule has 0 aliphatic heterocycles. The lowest BCUT2D eigenvalue weighted by atomic mass is 9.64. The largest absolute Gasteiger partial charge is 0.352 e. The minimum absolute atomic E-state index is 0.0226.